The molecule has 3 aromatic rings. The van der Waals surface area contributed by atoms with Crippen LogP contribution in [0, 0.1) is 5.92 Å². The molecule has 0 bridgehead atoms. The Balaban J connectivity index is 1.75. The normalized spacial score (nSPS) is 21.8. The molecule has 2 aliphatic heterocycles. The lowest BCUT2D eigenvalue weighted by atomic mass is 9.70. The largest absolute Gasteiger partial charge is 0.497 e. The number of benzene rings is 3. The summed E-state index contributed by atoms with van der Waals surface area (Å²) in [7, 11) is 9.57. The van der Waals surface area contributed by atoms with Crippen LogP contribution in [0.5, 0.6) is 28.7 Å². The standard InChI is InChI=1S/C30H32N2O7/c1-32-16-20(19-12-11-18(35-2)15-23(19)36-3)26(30(32)21-9-7-8-10-22(21)31-29(30)34)27(33)17-13-24(37-4)28(39-6)25(14-17)38-5/h7-15,20,26H,16H2,1-6H3,(H,31,34). The summed E-state index contributed by atoms with van der Waals surface area (Å²) in [4.78, 5) is 30.7. The van der Waals surface area contributed by atoms with E-state index in [1.807, 2.05) is 48.3 Å². The predicted octanol–water partition coefficient (Wildman–Crippen LogP) is 4.11. The molecule has 204 valence electrons. The maximum atomic E-state index is 14.7. The number of carbonyl (C=O) groups excluding carboxylic acids is 2. The average molecular weight is 533 g/mol. The van der Waals surface area contributed by atoms with Gasteiger partial charge >= 0.3 is 0 Å². The average Bonchev–Trinajstić information content (AvgIpc) is 3.44. The summed E-state index contributed by atoms with van der Waals surface area (Å²) in [5.41, 5.74) is 1.37. The van der Waals surface area contributed by atoms with Gasteiger partial charge in [-0.15, -0.1) is 0 Å². The van der Waals surface area contributed by atoms with Gasteiger partial charge in [-0.1, -0.05) is 24.3 Å². The van der Waals surface area contributed by atoms with Gasteiger partial charge in [-0.2, -0.15) is 0 Å². The molecular formula is C30H32N2O7. The highest BCUT2D eigenvalue weighted by molar-refractivity contribution is 6.12. The molecule has 0 aromatic heterocycles. The number of carbonyl (C=O) groups is 2. The zero-order valence-electron chi connectivity index (χ0n) is 22.9. The quantitative estimate of drug-likeness (QED) is 0.433. The molecule has 39 heavy (non-hydrogen) atoms. The third-order valence-electron chi connectivity index (χ3n) is 7.93. The fourth-order valence-corrected chi connectivity index (χ4v) is 6.20. The van der Waals surface area contributed by atoms with E-state index in [0.29, 0.717) is 46.5 Å². The Hall–Kier alpha value is -4.24. The van der Waals surface area contributed by atoms with Crippen LogP contribution in [0.15, 0.2) is 54.6 Å². The maximum absolute atomic E-state index is 14.7. The first kappa shape index (κ1) is 26.4. The molecule has 3 unspecified atom stereocenters. The van der Waals surface area contributed by atoms with Crippen LogP contribution in [-0.4, -0.2) is 65.7 Å². The number of methoxy groups -OCH3 is 5. The van der Waals surface area contributed by atoms with Gasteiger partial charge in [-0.05, 0) is 36.9 Å². The number of nitrogens with one attached hydrogen (secondary N) is 1. The number of amides is 1. The molecule has 1 amide bonds. The van der Waals surface area contributed by atoms with E-state index in [1.54, 1.807) is 32.4 Å². The molecule has 9 heteroatoms. The van der Waals surface area contributed by atoms with E-state index in [1.165, 1.54) is 21.3 Å². The molecule has 1 saturated heterocycles. The lowest BCUT2D eigenvalue weighted by Gasteiger charge is -2.35. The van der Waals surface area contributed by atoms with Crippen molar-refractivity contribution in [1.29, 1.82) is 0 Å². The monoisotopic (exact) mass is 532 g/mol. The van der Waals surface area contributed by atoms with Crippen molar-refractivity contribution >= 4 is 17.4 Å². The molecule has 3 aromatic carbocycles. The summed E-state index contributed by atoms with van der Waals surface area (Å²) in [5.74, 6) is 0.640. The molecule has 9 nitrogen and oxygen atoms in total. The van der Waals surface area contributed by atoms with Gasteiger partial charge in [0, 0.05) is 35.3 Å². The summed E-state index contributed by atoms with van der Waals surface area (Å²) in [6.45, 7) is 0.436. The van der Waals surface area contributed by atoms with Gasteiger partial charge in [0.05, 0.1) is 41.5 Å². The number of hydrogen-bond donors (Lipinski definition) is 1. The fraction of sp³-hybridized carbons (Fsp3) is 0.333. The number of ketones is 1. The minimum atomic E-state index is -1.25. The number of likely N-dealkylation sites (tertiary alicyclic amines) is 1. The van der Waals surface area contributed by atoms with Crippen LogP contribution in [-0.2, 0) is 10.3 Å². The van der Waals surface area contributed by atoms with Crippen LogP contribution in [0.4, 0.5) is 5.69 Å². The Labute approximate surface area is 227 Å². The first-order valence-corrected chi connectivity index (χ1v) is 12.5. The summed E-state index contributed by atoms with van der Waals surface area (Å²) >= 11 is 0. The molecular weight excluding hydrogens is 500 g/mol. The van der Waals surface area contributed by atoms with Crippen molar-refractivity contribution in [1.82, 2.24) is 4.90 Å². The molecule has 5 rings (SSSR count). The Morgan fingerprint density at radius 3 is 2.15 bits per heavy atom. The maximum Gasteiger partial charge on any atom is 0.250 e. The number of para-hydroxylation sites is 1. The second-order valence-electron chi connectivity index (χ2n) is 9.62. The summed E-state index contributed by atoms with van der Waals surface area (Å²) in [6.07, 6.45) is 0. The number of hydrogen-bond acceptors (Lipinski definition) is 8. The second kappa shape index (κ2) is 10.1. The number of ether oxygens (including phenoxy) is 5. The molecule has 2 heterocycles. The SMILES string of the molecule is COc1ccc(C2CN(C)C3(C(=O)Nc4ccccc43)C2C(=O)c2cc(OC)c(OC)c(OC)c2)c(OC)c1. The van der Waals surface area contributed by atoms with Crippen molar-refractivity contribution in [3.63, 3.8) is 0 Å². The first-order valence-electron chi connectivity index (χ1n) is 12.5. The molecule has 1 N–H and O–H groups in total. The Kier molecular flexibility index (Phi) is 6.86. The van der Waals surface area contributed by atoms with E-state index < -0.39 is 11.5 Å². The molecule has 1 spiro atoms. The third-order valence-corrected chi connectivity index (χ3v) is 7.93. The van der Waals surface area contributed by atoms with Crippen LogP contribution in [0.3, 0.4) is 0 Å². The van der Waals surface area contributed by atoms with Crippen molar-refractivity contribution < 1.29 is 33.3 Å². The molecule has 0 aliphatic carbocycles. The smallest absolute Gasteiger partial charge is 0.250 e. The third kappa shape index (κ3) is 3.87. The number of likely N-dealkylation sites (N-methyl/N-ethyl adjacent to an activating group) is 1. The highest BCUT2D eigenvalue weighted by Crippen LogP contribution is 2.57. The van der Waals surface area contributed by atoms with Crippen LogP contribution in [0.1, 0.15) is 27.4 Å². The van der Waals surface area contributed by atoms with Gasteiger partial charge in [-0.25, -0.2) is 0 Å². The van der Waals surface area contributed by atoms with Crippen LogP contribution in [0.2, 0.25) is 0 Å². The van der Waals surface area contributed by atoms with Gasteiger partial charge in [0.1, 0.15) is 17.0 Å². The van der Waals surface area contributed by atoms with Crippen molar-refractivity contribution in [2.45, 2.75) is 11.5 Å². The molecule has 0 radical (unpaired) electrons. The number of fused-ring (bicyclic) bond motifs is 2. The van der Waals surface area contributed by atoms with Crippen molar-refractivity contribution in [2.24, 2.45) is 5.92 Å². The summed E-state index contributed by atoms with van der Waals surface area (Å²) in [6, 6.07) is 16.3. The zero-order chi connectivity index (χ0) is 27.9. The van der Waals surface area contributed by atoms with E-state index >= 15 is 0 Å². The van der Waals surface area contributed by atoms with Crippen molar-refractivity contribution in [3.8, 4) is 28.7 Å². The fourth-order valence-electron chi connectivity index (χ4n) is 6.20. The van der Waals surface area contributed by atoms with Crippen molar-refractivity contribution in [3.05, 3.63) is 71.3 Å². The lowest BCUT2D eigenvalue weighted by Crippen LogP contribution is -2.51. The van der Waals surface area contributed by atoms with E-state index in [9.17, 15) is 9.59 Å². The number of nitrogens with zero attached hydrogens (tertiary/aromatic N) is 1. The first-order chi connectivity index (χ1) is 18.8. The lowest BCUT2D eigenvalue weighted by molar-refractivity contribution is -0.126. The van der Waals surface area contributed by atoms with E-state index in [0.717, 1.165) is 11.1 Å². The van der Waals surface area contributed by atoms with Gasteiger partial charge in [0.25, 0.3) is 0 Å². The summed E-state index contributed by atoms with van der Waals surface area (Å²) < 4.78 is 27.7. The number of rotatable bonds is 8. The summed E-state index contributed by atoms with van der Waals surface area (Å²) in [5, 5.41) is 3.03. The molecule has 2 aliphatic rings. The van der Waals surface area contributed by atoms with Crippen LogP contribution >= 0.6 is 0 Å². The Morgan fingerprint density at radius 2 is 1.54 bits per heavy atom. The number of Topliss-reactive ketones (excluding diaryl/α,β-unsaturated/α-hetero) is 1. The van der Waals surface area contributed by atoms with Crippen LogP contribution in [0.25, 0.3) is 0 Å². The Morgan fingerprint density at radius 1 is 0.872 bits per heavy atom. The van der Waals surface area contributed by atoms with Gasteiger partial charge < -0.3 is 29.0 Å². The topological polar surface area (TPSA) is 95.6 Å². The minimum absolute atomic E-state index is 0.228. The van der Waals surface area contributed by atoms with E-state index in [-0.39, 0.29) is 17.6 Å². The minimum Gasteiger partial charge on any atom is -0.497 e. The highest BCUT2D eigenvalue weighted by Gasteiger charge is 2.64. The van der Waals surface area contributed by atoms with E-state index in [4.69, 9.17) is 23.7 Å². The van der Waals surface area contributed by atoms with Crippen molar-refractivity contribution in [2.75, 3.05) is 54.5 Å². The van der Waals surface area contributed by atoms with Gasteiger partial charge in [0.2, 0.25) is 11.7 Å². The van der Waals surface area contributed by atoms with Gasteiger partial charge in [0.15, 0.2) is 17.3 Å². The predicted molar refractivity (Wildman–Crippen MR) is 146 cm³/mol. The molecule has 3 atom stereocenters. The molecule has 1 fully saturated rings. The zero-order valence-corrected chi connectivity index (χ0v) is 22.9. The number of anilines is 1. The highest BCUT2D eigenvalue weighted by atomic mass is 16.5. The van der Waals surface area contributed by atoms with Gasteiger partial charge in [-0.3, -0.25) is 14.5 Å². The molecule has 0 saturated carbocycles. The Bertz CT molecular complexity index is 1410. The van der Waals surface area contributed by atoms with E-state index in [2.05, 4.69) is 5.32 Å². The second-order valence-corrected chi connectivity index (χ2v) is 9.62. The van der Waals surface area contributed by atoms with Crippen LogP contribution < -0.4 is 29.0 Å².